The van der Waals surface area contributed by atoms with Crippen LogP contribution >= 0.6 is 11.8 Å². The second-order valence-corrected chi connectivity index (χ2v) is 5.30. The van der Waals surface area contributed by atoms with Crippen LogP contribution in [0.15, 0.2) is 47.6 Å². The second kappa shape index (κ2) is 6.03. The van der Waals surface area contributed by atoms with Gasteiger partial charge < -0.3 is 5.11 Å². The van der Waals surface area contributed by atoms with Gasteiger partial charge in [-0.1, -0.05) is 30.3 Å². The normalized spacial score (nSPS) is 12.4. The Morgan fingerprint density at radius 1 is 1.28 bits per heavy atom. The number of pyridine rings is 1. The van der Waals surface area contributed by atoms with Crippen molar-refractivity contribution in [1.82, 2.24) is 4.98 Å². The van der Waals surface area contributed by atoms with Crippen molar-refractivity contribution in [3.8, 4) is 0 Å². The number of aliphatic hydroxyl groups excluding tert-OH is 1. The monoisotopic (exact) mass is 259 g/mol. The van der Waals surface area contributed by atoms with Gasteiger partial charge in [-0.25, -0.2) is 4.98 Å². The van der Waals surface area contributed by atoms with Crippen molar-refractivity contribution in [1.29, 1.82) is 0 Å². The summed E-state index contributed by atoms with van der Waals surface area (Å²) in [7, 11) is 0. The van der Waals surface area contributed by atoms with Crippen molar-refractivity contribution in [2.45, 2.75) is 30.7 Å². The highest BCUT2D eigenvalue weighted by Gasteiger charge is 2.06. The third kappa shape index (κ3) is 3.34. The molecule has 94 valence electrons. The molecule has 0 saturated carbocycles. The van der Waals surface area contributed by atoms with Crippen LogP contribution in [0.4, 0.5) is 0 Å². The Morgan fingerprint density at radius 3 is 2.61 bits per heavy atom. The van der Waals surface area contributed by atoms with E-state index in [2.05, 4.69) is 17.1 Å². The van der Waals surface area contributed by atoms with E-state index in [1.807, 2.05) is 31.2 Å². The first-order valence-electron chi connectivity index (χ1n) is 5.98. The Bertz CT molecular complexity index is 511. The molecule has 0 amide bonds. The van der Waals surface area contributed by atoms with E-state index in [-0.39, 0.29) is 0 Å². The molecule has 1 atom stereocenters. The fourth-order valence-electron chi connectivity index (χ4n) is 1.69. The number of rotatable bonds is 4. The van der Waals surface area contributed by atoms with Gasteiger partial charge in [0.05, 0.1) is 11.1 Å². The summed E-state index contributed by atoms with van der Waals surface area (Å²) in [4.78, 5) is 4.42. The van der Waals surface area contributed by atoms with Crippen LogP contribution in [0.1, 0.15) is 29.7 Å². The topological polar surface area (TPSA) is 33.1 Å². The molecule has 1 aromatic carbocycles. The van der Waals surface area contributed by atoms with Crippen LogP contribution in [0.2, 0.25) is 0 Å². The number of aryl methyl sites for hydroxylation is 1. The zero-order chi connectivity index (χ0) is 13.0. The van der Waals surface area contributed by atoms with Gasteiger partial charge in [-0.3, -0.25) is 0 Å². The van der Waals surface area contributed by atoms with Crippen molar-refractivity contribution in [3.05, 3.63) is 59.3 Å². The fourth-order valence-corrected chi connectivity index (χ4v) is 2.60. The molecular formula is C15H17NOS. The zero-order valence-electron chi connectivity index (χ0n) is 10.6. The number of benzene rings is 1. The van der Waals surface area contributed by atoms with Crippen LogP contribution < -0.4 is 0 Å². The van der Waals surface area contributed by atoms with Crippen molar-refractivity contribution in [2.24, 2.45) is 0 Å². The number of nitrogens with zero attached hydrogens (tertiary/aromatic N) is 1. The molecule has 2 rings (SSSR count). The van der Waals surface area contributed by atoms with Gasteiger partial charge >= 0.3 is 0 Å². The highest BCUT2D eigenvalue weighted by Crippen LogP contribution is 2.25. The quantitative estimate of drug-likeness (QED) is 0.849. The standard InChI is InChI=1S/C15H17NOS/c1-11-8-14(12(2)17)9-16-15(11)18-10-13-6-4-3-5-7-13/h3-9,12,17H,10H2,1-2H3/t12-/m0/s1. The van der Waals surface area contributed by atoms with Crippen LogP contribution in [0, 0.1) is 6.92 Å². The van der Waals surface area contributed by atoms with Gasteiger partial charge in [-0.05, 0) is 36.6 Å². The summed E-state index contributed by atoms with van der Waals surface area (Å²) in [5.41, 5.74) is 3.29. The Kier molecular flexibility index (Phi) is 4.39. The highest BCUT2D eigenvalue weighted by atomic mass is 32.2. The lowest BCUT2D eigenvalue weighted by Crippen LogP contribution is -1.95. The van der Waals surface area contributed by atoms with Gasteiger partial charge in [-0.15, -0.1) is 11.8 Å². The summed E-state index contributed by atoms with van der Waals surface area (Å²) < 4.78 is 0. The molecule has 0 spiro atoms. The molecule has 1 heterocycles. The molecule has 2 nitrogen and oxygen atoms in total. The number of aliphatic hydroxyl groups is 1. The fraction of sp³-hybridized carbons (Fsp3) is 0.267. The molecule has 0 fully saturated rings. The van der Waals surface area contributed by atoms with Crippen LogP contribution in [0.25, 0.3) is 0 Å². The molecule has 0 aliphatic heterocycles. The number of hydrogen-bond acceptors (Lipinski definition) is 3. The average Bonchev–Trinajstić information content (AvgIpc) is 2.38. The first kappa shape index (κ1) is 13.1. The Balaban J connectivity index is 2.06. The molecule has 0 aliphatic rings. The molecule has 0 aliphatic carbocycles. The third-order valence-corrected chi connectivity index (χ3v) is 3.93. The predicted molar refractivity (Wildman–Crippen MR) is 75.6 cm³/mol. The predicted octanol–water partition coefficient (Wildman–Crippen LogP) is 3.74. The molecule has 1 aromatic heterocycles. The minimum absolute atomic E-state index is 0.454. The van der Waals surface area contributed by atoms with Crippen molar-refractivity contribution in [3.63, 3.8) is 0 Å². The summed E-state index contributed by atoms with van der Waals surface area (Å²) in [6.07, 6.45) is 1.30. The van der Waals surface area contributed by atoms with E-state index in [1.54, 1.807) is 24.9 Å². The first-order valence-corrected chi connectivity index (χ1v) is 6.96. The van der Waals surface area contributed by atoms with Crippen LogP contribution in [-0.4, -0.2) is 10.1 Å². The minimum Gasteiger partial charge on any atom is -0.389 e. The van der Waals surface area contributed by atoms with E-state index >= 15 is 0 Å². The molecule has 0 bridgehead atoms. The van der Waals surface area contributed by atoms with Crippen LogP contribution in [0.3, 0.4) is 0 Å². The molecular weight excluding hydrogens is 242 g/mol. The maximum absolute atomic E-state index is 9.50. The van der Waals surface area contributed by atoms with E-state index in [9.17, 15) is 5.11 Å². The molecule has 3 heteroatoms. The smallest absolute Gasteiger partial charge is 0.0992 e. The van der Waals surface area contributed by atoms with E-state index in [0.717, 1.165) is 21.9 Å². The van der Waals surface area contributed by atoms with Crippen molar-refractivity contribution < 1.29 is 5.11 Å². The number of aromatic nitrogens is 1. The Hall–Kier alpha value is -1.32. The molecule has 2 aromatic rings. The molecule has 0 saturated heterocycles. The molecule has 18 heavy (non-hydrogen) atoms. The first-order chi connectivity index (χ1) is 8.66. The van der Waals surface area contributed by atoms with Gasteiger partial charge in [0, 0.05) is 11.9 Å². The maximum Gasteiger partial charge on any atom is 0.0992 e. The summed E-state index contributed by atoms with van der Waals surface area (Å²) in [6.45, 7) is 3.79. The minimum atomic E-state index is -0.454. The van der Waals surface area contributed by atoms with Crippen LogP contribution in [0.5, 0.6) is 0 Å². The van der Waals surface area contributed by atoms with Gasteiger partial charge in [-0.2, -0.15) is 0 Å². The number of thioether (sulfide) groups is 1. The van der Waals surface area contributed by atoms with E-state index in [0.29, 0.717) is 0 Å². The van der Waals surface area contributed by atoms with E-state index < -0.39 is 6.10 Å². The SMILES string of the molecule is Cc1cc([C@H](C)O)cnc1SCc1ccccc1. The largest absolute Gasteiger partial charge is 0.389 e. The van der Waals surface area contributed by atoms with E-state index in [4.69, 9.17) is 0 Å². The summed E-state index contributed by atoms with van der Waals surface area (Å²) >= 11 is 1.73. The van der Waals surface area contributed by atoms with Gasteiger partial charge in [0.25, 0.3) is 0 Å². The highest BCUT2D eigenvalue weighted by molar-refractivity contribution is 7.98. The Morgan fingerprint density at radius 2 is 2.00 bits per heavy atom. The van der Waals surface area contributed by atoms with Crippen molar-refractivity contribution in [2.75, 3.05) is 0 Å². The van der Waals surface area contributed by atoms with Gasteiger partial charge in [0.1, 0.15) is 0 Å². The van der Waals surface area contributed by atoms with E-state index in [1.165, 1.54) is 5.56 Å². The third-order valence-electron chi connectivity index (χ3n) is 2.75. The average molecular weight is 259 g/mol. The lowest BCUT2D eigenvalue weighted by atomic mass is 10.1. The zero-order valence-corrected chi connectivity index (χ0v) is 11.4. The van der Waals surface area contributed by atoms with Crippen LogP contribution in [-0.2, 0) is 5.75 Å². The lowest BCUT2D eigenvalue weighted by Gasteiger charge is -2.09. The lowest BCUT2D eigenvalue weighted by molar-refractivity contribution is 0.198. The maximum atomic E-state index is 9.50. The molecule has 1 N–H and O–H groups in total. The van der Waals surface area contributed by atoms with Gasteiger partial charge in [0.15, 0.2) is 0 Å². The summed E-state index contributed by atoms with van der Waals surface area (Å²) in [5.74, 6) is 0.919. The second-order valence-electron chi connectivity index (χ2n) is 4.34. The number of hydrogen-bond donors (Lipinski definition) is 1. The van der Waals surface area contributed by atoms with Crippen molar-refractivity contribution >= 4 is 11.8 Å². The summed E-state index contributed by atoms with van der Waals surface area (Å²) in [5, 5.41) is 10.5. The molecule has 0 radical (unpaired) electrons. The summed E-state index contributed by atoms with van der Waals surface area (Å²) in [6, 6.07) is 12.4. The van der Waals surface area contributed by atoms with Gasteiger partial charge in [0.2, 0.25) is 0 Å². The Labute approximate surface area is 112 Å². The molecule has 0 unspecified atom stereocenters.